The van der Waals surface area contributed by atoms with Gasteiger partial charge in [-0.05, 0) is 32.0 Å². The zero-order valence-corrected chi connectivity index (χ0v) is 12.4. The van der Waals surface area contributed by atoms with Crippen LogP contribution in [-0.4, -0.2) is 49.8 Å². The molecule has 1 aliphatic carbocycles. The lowest BCUT2D eigenvalue weighted by Crippen LogP contribution is -2.62. The van der Waals surface area contributed by atoms with Crippen molar-refractivity contribution in [1.29, 1.82) is 0 Å². The maximum Gasteiger partial charge on any atom is 0.105 e. The highest BCUT2D eigenvalue weighted by Gasteiger charge is 2.45. The summed E-state index contributed by atoms with van der Waals surface area (Å²) >= 11 is 0. The normalized spacial score (nSPS) is 24.9. The fraction of sp³-hybridized carbons (Fsp3) is 0.750. The third-order valence-electron chi connectivity index (χ3n) is 5.09. The third-order valence-corrected chi connectivity index (χ3v) is 5.09. The zero-order valence-electron chi connectivity index (χ0n) is 12.4. The molecular formula is C16H26N2O2. The van der Waals surface area contributed by atoms with Crippen LogP contribution in [0.4, 0.5) is 0 Å². The van der Waals surface area contributed by atoms with Gasteiger partial charge >= 0.3 is 0 Å². The molecule has 3 rings (SSSR count). The number of nitrogens with one attached hydrogen (secondary N) is 1. The minimum atomic E-state index is 0.283. The minimum absolute atomic E-state index is 0.283. The molecule has 0 spiro atoms. The van der Waals surface area contributed by atoms with E-state index < -0.39 is 0 Å². The van der Waals surface area contributed by atoms with Crippen LogP contribution in [0.15, 0.2) is 22.8 Å². The summed E-state index contributed by atoms with van der Waals surface area (Å²) in [5, 5.41) is 3.58. The van der Waals surface area contributed by atoms with Gasteiger partial charge in [0, 0.05) is 31.1 Å². The van der Waals surface area contributed by atoms with Crippen LogP contribution in [0.2, 0.25) is 0 Å². The first-order valence-electron chi connectivity index (χ1n) is 7.87. The average Bonchev–Trinajstić information content (AvgIpc) is 3.18. The standard InChI is InChI=1S/C16H26N2O2/c1-17-15(13-14-5-4-10-20-14)16(6-2-3-7-16)18-8-11-19-12-9-18/h4-5,10,15,17H,2-3,6-9,11-13H2,1H3. The van der Waals surface area contributed by atoms with E-state index in [1.807, 2.05) is 6.07 Å². The molecule has 1 aromatic rings. The van der Waals surface area contributed by atoms with Gasteiger partial charge in [-0.1, -0.05) is 12.8 Å². The van der Waals surface area contributed by atoms with Crippen molar-refractivity contribution >= 4 is 0 Å². The predicted molar refractivity (Wildman–Crippen MR) is 78.9 cm³/mol. The molecular weight excluding hydrogens is 252 g/mol. The van der Waals surface area contributed by atoms with Crippen LogP contribution in [0.25, 0.3) is 0 Å². The summed E-state index contributed by atoms with van der Waals surface area (Å²) in [5.41, 5.74) is 0.283. The molecule has 2 heterocycles. The first kappa shape index (κ1) is 14.1. The van der Waals surface area contributed by atoms with Crippen LogP contribution >= 0.6 is 0 Å². The summed E-state index contributed by atoms with van der Waals surface area (Å²) in [6.07, 6.45) is 8.01. The molecule has 1 N–H and O–H groups in total. The number of hydrogen-bond acceptors (Lipinski definition) is 4. The summed E-state index contributed by atoms with van der Waals surface area (Å²) in [5.74, 6) is 1.09. The number of rotatable bonds is 5. The summed E-state index contributed by atoms with van der Waals surface area (Å²) in [7, 11) is 2.09. The van der Waals surface area contributed by atoms with Gasteiger partial charge in [0.25, 0.3) is 0 Å². The molecule has 1 unspecified atom stereocenters. The zero-order chi connectivity index (χ0) is 13.8. The maximum absolute atomic E-state index is 5.57. The van der Waals surface area contributed by atoms with Crippen molar-refractivity contribution in [3.63, 3.8) is 0 Å². The van der Waals surface area contributed by atoms with Crippen LogP contribution in [0.1, 0.15) is 31.4 Å². The van der Waals surface area contributed by atoms with Gasteiger partial charge in [0.1, 0.15) is 5.76 Å². The largest absolute Gasteiger partial charge is 0.469 e. The number of morpholine rings is 1. The Morgan fingerprint density at radius 1 is 1.30 bits per heavy atom. The Kier molecular flexibility index (Phi) is 4.44. The van der Waals surface area contributed by atoms with Crippen molar-refractivity contribution in [3.8, 4) is 0 Å². The molecule has 2 fully saturated rings. The van der Waals surface area contributed by atoms with E-state index in [9.17, 15) is 0 Å². The van der Waals surface area contributed by atoms with Gasteiger partial charge in [-0.2, -0.15) is 0 Å². The van der Waals surface area contributed by atoms with E-state index in [1.54, 1.807) is 6.26 Å². The summed E-state index contributed by atoms with van der Waals surface area (Å²) in [4.78, 5) is 2.67. The van der Waals surface area contributed by atoms with Gasteiger partial charge < -0.3 is 14.5 Å². The molecule has 1 aliphatic heterocycles. The Bertz CT molecular complexity index is 393. The quantitative estimate of drug-likeness (QED) is 0.894. The van der Waals surface area contributed by atoms with E-state index in [2.05, 4.69) is 23.3 Å². The molecule has 20 heavy (non-hydrogen) atoms. The highest BCUT2D eigenvalue weighted by atomic mass is 16.5. The van der Waals surface area contributed by atoms with Crippen LogP contribution in [-0.2, 0) is 11.2 Å². The van der Waals surface area contributed by atoms with Gasteiger partial charge in [0.05, 0.1) is 19.5 Å². The molecule has 4 heteroatoms. The van der Waals surface area contributed by atoms with Crippen molar-refractivity contribution in [2.24, 2.45) is 0 Å². The molecule has 1 saturated heterocycles. The number of likely N-dealkylation sites (N-methyl/N-ethyl adjacent to an activating group) is 1. The molecule has 1 saturated carbocycles. The maximum atomic E-state index is 5.57. The van der Waals surface area contributed by atoms with Crippen LogP contribution in [0.5, 0.6) is 0 Å². The van der Waals surface area contributed by atoms with Crippen molar-refractivity contribution in [1.82, 2.24) is 10.2 Å². The SMILES string of the molecule is CNC(Cc1ccco1)C1(N2CCOCC2)CCCC1. The highest BCUT2D eigenvalue weighted by Crippen LogP contribution is 2.39. The number of ether oxygens (including phenoxy) is 1. The third kappa shape index (κ3) is 2.65. The van der Waals surface area contributed by atoms with Crippen molar-refractivity contribution in [2.45, 2.75) is 43.7 Å². The van der Waals surface area contributed by atoms with Crippen LogP contribution in [0.3, 0.4) is 0 Å². The smallest absolute Gasteiger partial charge is 0.105 e. The average molecular weight is 278 g/mol. The van der Waals surface area contributed by atoms with Crippen molar-refractivity contribution < 1.29 is 9.15 Å². The van der Waals surface area contributed by atoms with E-state index in [0.29, 0.717) is 6.04 Å². The Balaban J connectivity index is 1.79. The van der Waals surface area contributed by atoms with Crippen molar-refractivity contribution in [2.75, 3.05) is 33.4 Å². The second-order valence-electron chi connectivity index (χ2n) is 6.03. The second-order valence-corrected chi connectivity index (χ2v) is 6.03. The lowest BCUT2D eigenvalue weighted by atomic mass is 9.83. The molecule has 2 aliphatic rings. The number of nitrogens with zero attached hydrogens (tertiary/aromatic N) is 1. The Hall–Kier alpha value is -0.840. The van der Waals surface area contributed by atoms with Crippen LogP contribution in [0, 0.1) is 0 Å². The predicted octanol–water partition coefficient (Wildman–Crippen LogP) is 2.06. The molecule has 0 radical (unpaired) electrons. The summed E-state index contributed by atoms with van der Waals surface area (Å²) in [6.45, 7) is 3.88. The Labute approximate surface area is 121 Å². The van der Waals surface area contributed by atoms with Crippen molar-refractivity contribution in [3.05, 3.63) is 24.2 Å². The molecule has 1 aromatic heterocycles. The first-order chi connectivity index (χ1) is 9.85. The second kappa shape index (κ2) is 6.29. The fourth-order valence-corrected chi connectivity index (χ4v) is 4.07. The van der Waals surface area contributed by atoms with E-state index in [-0.39, 0.29) is 5.54 Å². The molecule has 0 amide bonds. The van der Waals surface area contributed by atoms with E-state index in [1.165, 1.54) is 25.7 Å². The molecule has 0 aromatic carbocycles. The van der Waals surface area contributed by atoms with Gasteiger partial charge in [-0.15, -0.1) is 0 Å². The number of hydrogen-bond donors (Lipinski definition) is 1. The summed E-state index contributed by atoms with van der Waals surface area (Å²) < 4.78 is 11.1. The fourth-order valence-electron chi connectivity index (χ4n) is 4.07. The molecule has 4 nitrogen and oxygen atoms in total. The minimum Gasteiger partial charge on any atom is -0.469 e. The first-order valence-corrected chi connectivity index (χ1v) is 7.87. The Morgan fingerprint density at radius 3 is 2.65 bits per heavy atom. The van der Waals surface area contributed by atoms with Crippen LogP contribution < -0.4 is 5.32 Å². The summed E-state index contributed by atoms with van der Waals surface area (Å²) in [6, 6.07) is 4.53. The van der Waals surface area contributed by atoms with E-state index in [0.717, 1.165) is 38.5 Å². The van der Waals surface area contributed by atoms with E-state index in [4.69, 9.17) is 9.15 Å². The lowest BCUT2D eigenvalue weighted by molar-refractivity contribution is -0.0352. The molecule has 1 atom stereocenters. The van der Waals surface area contributed by atoms with Gasteiger partial charge in [0.15, 0.2) is 0 Å². The van der Waals surface area contributed by atoms with Gasteiger partial charge in [0.2, 0.25) is 0 Å². The number of furan rings is 1. The topological polar surface area (TPSA) is 37.6 Å². The highest BCUT2D eigenvalue weighted by molar-refractivity contribution is 5.09. The monoisotopic (exact) mass is 278 g/mol. The van der Waals surface area contributed by atoms with Gasteiger partial charge in [-0.25, -0.2) is 0 Å². The lowest BCUT2D eigenvalue weighted by Gasteiger charge is -2.48. The van der Waals surface area contributed by atoms with E-state index >= 15 is 0 Å². The molecule has 0 bridgehead atoms. The Morgan fingerprint density at radius 2 is 2.05 bits per heavy atom. The molecule has 112 valence electrons. The van der Waals surface area contributed by atoms with Gasteiger partial charge in [-0.3, -0.25) is 4.90 Å².